The molecule has 2 amide bonds. The number of hydrogen-bond donors (Lipinski definition) is 0. The quantitative estimate of drug-likeness (QED) is 0.837. The van der Waals surface area contributed by atoms with E-state index in [1.807, 2.05) is 34.9 Å². The zero-order valence-electron chi connectivity index (χ0n) is 14.9. The largest absolute Gasteiger partial charge is 0.339 e. The van der Waals surface area contributed by atoms with Gasteiger partial charge in [-0.3, -0.25) is 9.59 Å². The van der Waals surface area contributed by atoms with Crippen LogP contribution in [-0.4, -0.2) is 47.8 Å². The Kier molecular flexibility index (Phi) is 5.22. The lowest BCUT2D eigenvalue weighted by Gasteiger charge is -2.37. The van der Waals surface area contributed by atoms with Gasteiger partial charge in [-0.15, -0.1) is 0 Å². The van der Waals surface area contributed by atoms with E-state index in [1.165, 1.54) is 24.8 Å². The van der Waals surface area contributed by atoms with E-state index in [9.17, 15) is 9.59 Å². The number of nitrogens with zero attached hydrogens (tertiary/aromatic N) is 2. The number of aryl methyl sites for hydroxylation is 2. The topological polar surface area (TPSA) is 40.6 Å². The molecule has 0 unspecified atom stereocenters. The molecule has 0 N–H and O–H groups in total. The predicted octanol–water partition coefficient (Wildman–Crippen LogP) is 3.17. The van der Waals surface area contributed by atoms with Crippen molar-refractivity contribution in [1.82, 2.24) is 9.80 Å². The van der Waals surface area contributed by atoms with E-state index in [0.29, 0.717) is 32.1 Å². The second-order valence-corrected chi connectivity index (χ2v) is 7.25. The summed E-state index contributed by atoms with van der Waals surface area (Å²) in [5.74, 6) is 0.622. The number of carbonyl (C=O) groups is 2. The minimum Gasteiger partial charge on any atom is -0.339 e. The molecule has 0 atom stereocenters. The van der Waals surface area contributed by atoms with E-state index in [1.54, 1.807) is 0 Å². The maximum Gasteiger partial charge on any atom is 0.253 e. The SMILES string of the molecule is Cc1ccc(C(=O)N2CCN(C(=O)C3CCCCC3)CC2)cc1C. The third kappa shape index (κ3) is 3.63. The Labute approximate surface area is 144 Å². The summed E-state index contributed by atoms with van der Waals surface area (Å²) in [6.45, 7) is 6.72. The first-order valence-electron chi connectivity index (χ1n) is 9.21. The van der Waals surface area contributed by atoms with Gasteiger partial charge in [-0.2, -0.15) is 0 Å². The highest BCUT2D eigenvalue weighted by atomic mass is 16.2. The van der Waals surface area contributed by atoms with Crippen molar-refractivity contribution in [2.75, 3.05) is 26.2 Å². The number of amides is 2. The summed E-state index contributed by atoms with van der Waals surface area (Å²) in [4.78, 5) is 29.1. The first-order valence-corrected chi connectivity index (χ1v) is 9.21. The van der Waals surface area contributed by atoms with Crippen LogP contribution in [0.3, 0.4) is 0 Å². The van der Waals surface area contributed by atoms with E-state index >= 15 is 0 Å². The van der Waals surface area contributed by atoms with Crippen molar-refractivity contribution in [2.24, 2.45) is 5.92 Å². The van der Waals surface area contributed by atoms with Crippen LogP contribution in [-0.2, 0) is 4.79 Å². The van der Waals surface area contributed by atoms with Crippen molar-refractivity contribution in [2.45, 2.75) is 46.0 Å². The fraction of sp³-hybridized carbons (Fsp3) is 0.600. The Balaban J connectivity index is 1.57. The van der Waals surface area contributed by atoms with Crippen LogP contribution < -0.4 is 0 Å². The van der Waals surface area contributed by atoms with Gasteiger partial charge in [0.2, 0.25) is 5.91 Å². The van der Waals surface area contributed by atoms with Gasteiger partial charge < -0.3 is 9.80 Å². The molecule has 1 heterocycles. The summed E-state index contributed by atoms with van der Waals surface area (Å²) in [5.41, 5.74) is 3.10. The fourth-order valence-electron chi connectivity index (χ4n) is 3.79. The minimum absolute atomic E-state index is 0.0860. The van der Waals surface area contributed by atoms with Gasteiger partial charge in [-0.25, -0.2) is 0 Å². The van der Waals surface area contributed by atoms with E-state index < -0.39 is 0 Å². The predicted molar refractivity (Wildman–Crippen MR) is 95.0 cm³/mol. The maximum atomic E-state index is 12.7. The lowest BCUT2D eigenvalue weighted by Crippen LogP contribution is -2.52. The lowest BCUT2D eigenvalue weighted by molar-refractivity contribution is -0.138. The smallest absolute Gasteiger partial charge is 0.253 e. The van der Waals surface area contributed by atoms with Crippen LogP contribution >= 0.6 is 0 Å². The normalized spacial score (nSPS) is 19.4. The van der Waals surface area contributed by atoms with Crippen LogP contribution in [0.1, 0.15) is 53.6 Å². The lowest BCUT2D eigenvalue weighted by atomic mass is 9.88. The number of carbonyl (C=O) groups excluding carboxylic acids is 2. The van der Waals surface area contributed by atoms with Crippen molar-refractivity contribution in [3.63, 3.8) is 0 Å². The summed E-state index contributed by atoms with van der Waals surface area (Å²) in [5, 5.41) is 0. The van der Waals surface area contributed by atoms with Crippen LogP contribution in [0.5, 0.6) is 0 Å². The molecule has 1 aromatic rings. The molecule has 2 fully saturated rings. The van der Waals surface area contributed by atoms with Crippen molar-refractivity contribution in [1.29, 1.82) is 0 Å². The molecular formula is C20H28N2O2. The molecule has 1 saturated heterocycles. The Bertz CT molecular complexity index is 612. The molecule has 0 aromatic heterocycles. The van der Waals surface area contributed by atoms with Crippen LogP contribution in [0, 0.1) is 19.8 Å². The van der Waals surface area contributed by atoms with Crippen molar-refractivity contribution in [3.8, 4) is 0 Å². The summed E-state index contributed by atoms with van der Waals surface area (Å²) in [6, 6.07) is 5.88. The average molecular weight is 328 g/mol. The molecule has 4 heteroatoms. The molecule has 130 valence electrons. The summed E-state index contributed by atoms with van der Waals surface area (Å²) < 4.78 is 0. The zero-order valence-corrected chi connectivity index (χ0v) is 14.9. The first-order chi connectivity index (χ1) is 11.6. The van der Waals surface area contributed by atoms with Gasteiger partial charge in [0.15, 0.2) is 0 Å². The van der Waals surface area contributed by atoms with Gasteiger partial charge in [0.25, 0.3) is 5.91 Å². The number of benzene rings is 1. The molecule has 4 nitrogen and oxygen atoms in total. The summed E-state index contributed by atoms with van der Waals surface area (Å²) in [6.07, 6.45) is 5.71. The minimum atomic E-state index is 0.0860. The van der Waals surface area contributed by atoms with Gasteiger partial charge in [0.1, 0.15) is 0 Å². The second kappa shape index (κ2) is 7.37. The number of hydrogen-bond acceptors (Lipinski definition) is 2. The Morgan fingerprint density at radius 3 is 2.12 bits per heavy atom. The van der Waals surface area contributed by atoms with Crippen LogP contribution in [0.2, 0.25) is 0 Å². The van der Waals surface area contributed by atoms with E-state index in [0.717, 1.165) is 24.0 Å². The standard InChI is InChI=1S/C20H28N2O2/c1-15-8-9-18(14-16(15)2)20(24)22-12-10-21(11-13-22)19(23)17-6-4-3-5-7-17/h8-9,14,17H,3-7,10-13H2,1-2H3. The number of piperazine rings is 1. The summed E-state index contributed by atoms with van der Waals surface area (Å²) in [7, 11) is 0. The summed E-state index contributed by atoms with van der Waals surface area (Å²) >= 11 is 0. The van der Waals surface area contributed by atoms with E-state index in [-0.39, 0.29) is 11.8 Å². The molecule has 1 aliphatic heterocycles. The molecule has 1 aliphatic carbocycles. The molecular weight excluding hydrogens is 300 g/mol. The number of rotatable bonds is 2. The third-order valence-electron chi connectivity index (χ3n) is 5.59. The van der Waals surface area contributed by atoms with Crippen molar-refractivity contribution < 1.29 is 9.59 Å². The Morgan fingerprint density at radius 1 is 0.875 bits per heavy atom. The van der Waals surface area contributed by atoms with E-state index in [2.05, 4.69) is 6.92 Å². The van der Waals surface area contributed by atoms with Crippen LogP contribution in [0.25, 0.3) is 0 Å². The molecule has 2 aliphatic rings. The highest BCUT2D eigenvalue weighted by molar-refractivity contribution is 5.94. The third-order valence-corrected chi connectivity index (χ3v) is 5.59. The van der Waals surface area contributed by atoms with Crippen molar-refractivity contribution >= 4 is 11.8 Å². The molecule has 1 aromatic carbocycles. The van der Waals surface area contributed by atoms with Gasteiger partial charge in [-0.1, -0.05) is 25.3 Å². The molecule has 3 rings (SSSR count). The monoisotopic (exact) mass is 328 g/mol. The molecule has 0 spiro atoms. The second-order valence-electron chi connectivity index (χ2n) is 7.25. The average Bonchev–Trinajstić information content (AvgIpc) is 2.63. The van der Waals surface area contributed by atoms with E-state index in [4.69, 9.17) is 0 Å². The highest BCUT2D eigenvalue weighted by Crippen LogP contribution is 2.26. The van der Waals surface area contributed by atoms with Crippen LogP contribution in [0.4, 0.5) is 0 Å². The zero-order chi connectivity index (χ0) is 17.1. The van der Waals surface area contributed by atoms with Crippen LogP contribution in [0.15, 0.2) is 18.2 Å². The van der Waals surface area contributed by atoms with Gasteiger partial charge in [0.05, 0.1) is 0 Å². The van der Waals surface area contributed by atoms with Gasteiger partial charge in [-0.05, 0) is 49.9 Å². The van der Waals surface area contributed by atoms with Crippen molar-refractivity contribution in [3.05, 3.63) is 34.9 Å². The molecule has 0 radical (unpaired) electrons. The van der Waals surface area contributed by atoms with Gasteiger partial charge >= 0.3 is 0 Å². The fourth-order valence-corrected chi connectivity index (χ4v) is 3.79. The molecule has 1 saturated carbocycles. The first kappa shape index (κ1) is 17.0. The maximum absolute atomic E-state index is 12.7. The Morgan fingerprint density at radius 2 is 1.50 bits per heavy atom. The van der Waals surface area contributed by atoms with Gasteiger partial charge in [0, 0.05) is 37.7 Å². The highest BCUT2D eigenvalue weighted by Gasteiger charge is 2.29. The molecule has 24 heavy (non-hydrogen) atoms. The molecule has 0 bridgehead atoms. The Hall–Kier alpha value is -1.84.